The maximum atomic E-state index is 13.4. The molecule has 1 atom stereocenters. The van der Waals surface area contributed by atoms with Gasteiger partial charge in [-0.1, -0.05) is 0 Å². The van der Waals surface area contributed by atoms with Crippen molar-refractivity contribution in [3.05, 3.63) is 46.5 Å². The van der Waals surface area contributed by atoms with E-state index in [1.165, 1.54) is 23.9 Å². The molecule has 154 valence electrons. The highest BCUT2D eigenvalue weighted by molar-refractivity contribution is 5.94. The zero-order chi connectivity index (χ0) is 20.7. The first kappa shape index (κ1) is 19.3. The van der Waals surface area contributed by atoms with Crippen LogP contribution >= 0.6 is 0 Å². The van der Waals surface area contributed by atoms with Gasteiger partial charge in [-0.05, 0) is 30.7 Å². The average molecular weight is 405 g/mol. The van der Waals surface area contributed by atoms with Gasteiger partial charge in [-0.2, -0.15) is 5.10 Å². The van der Waals surface area contributed by atoms with Crippen molar-refractivity contribution in [2.24, 2.45) is 0 Å². The number of aryl methyl sites for hydroxylation is 1. The zero-order valence-corrected chi connectivity index (χ0v) is 16.1. The number of hydrogen-bond donors (Lipinski definition) is 1. The number of nitrogens with zero attached hydrogens (tertiary/aromatic N) is 4. The molecule has 3 heterocycles. The highest BCUT2D eigenvalue weighted by Gasteiger charge is 2.35. The van der Waals surface area contributed by atoms with Gasteiger partial charge >= 0.3 is 6.03 Å². The van der Waals surface area contributed by atoms with Gasteiger partial charge in [-0.25, -0.2) is 18.6 Å². The van der Waals surface area contributed by atoms with E-state index < -0.39 is 18.7 Å². The second kappa shape index (κ2) is 7.43. The predicted molar refractivity (Wildman–Crippen MR) is 99.4 cm³/mol. The number of carbonyl (C=O) groups excluding carboxylic acids is 2. The lowest BCUT2D eigenvalue weighted by Gasteiger charge is -2.27. The van der Waals surface area contributed by atoms with E-state index in [9.17, 15) is 18.4 Å². The van der Waals surface area contributed by atoms with Crippen molar-refractivity contribution < 1.29 is 23.2 Å². The number of rotatable bonds is 2. The van der Waals surface area contributed by atoms with E-state index in [1.54, 1.807) is 17.9 Å². The Hall–Kier alpha value is -3.01. The minimum Gasteiger partial charge on any atom is -0.320 e. The normalized spacial score (nSPS) is 18.9. The minimum atomic E-state index is -0.798. The van der Waals surface area contributed by atoms with Crippen molar-refractivity contribution in [3.63, 3.8) is 0 Å². The lowest BCUT2D eigenvalue weighted by Crippen LogP contribution is -2.39. The summed E-state index contributed by atoms with van der Waals surface area (Å²) in [7, 11) is 1.43. The molecule has 10 heteroatoms. The van der Waals surface area contributed by atoms with Crippen LogP contribution in [0, 0.1) is 12.7 Å². The molecule has 1 aromatic carbocycles. The van der Waals surface area contributed by atoms with Crippen LogP contribution < -0.4 is 5.32 Å². The summed E-state index contributed by atoms with van der Waals surface area (Å²) in [6, 6.07) is 4.00. The Morgan fingerprint density at radius 2 is 2.21 bits per heavy atom. The van der Waals surface area contributed by atoms with Crippen LogP contribution in [0.5, 0.6) is 0 Å². The van der Waals surface area contributed by atoms with Crippen LogP contribution in [0.25, 0.3) is 0 Å². The maximum Gasteiger partial charge on any atom is 0.322 e. The SMILES string of the molecule is Cc1cc(NC(=O)N2CCc3nn4c(c3C2)C(=O)N(C)O[C@H](CF)C4)ccc1F. The van der Waals surface area contributed by atoms with Crippen LogP contribution in [0.15, 0.2) is 18.2 Å². The maximum absolute atomic E-state index is 13.4. The second-order valence-electron chi connectivity index (χ2n) is 7.21. The number of anilines is 1. The standard InChI is InChI=1S/C19H21F2N5O3/c1-11-7-12(3-4-15(11)21)22-19(28)25-6-5-16-14(10-25)17-18(27)24(2)29-13(8-20)9-26(17)23-16/h3-4,7,13H,5-6,8-10H2,1-2H3,(H,22,28)/t13-/m1/s1. The number of benzene rings is 1. The Balaban J connectivity index is 1.57. The van der Waals surface area contributed by atoms with Gasteiger partial charge in [0.2, 0.25) is 0 Å². The van der Waals surface area contributed by atoms with E-state index in [0.717, 1.165) is 10.8 Å². The van der Waals surface area contributed by atoms with Gasteiger partial charge in [-0.3, -0.25) is 14.3 Å². The Bertz CT molecular complexity index is 977. The lowest BCUT2D eigenvalue weighted by molar-refractivity contribution is -0.152. The minimum absolute atomic E-state index is 0.121. The number of amides is 3. The molecule has 2 aromatic rings. The zero-order valence-electron chi connectivity index (χ0n) is 16.1. The Labute approximate surface area is 166 Å². The summed E-state index contributed by atoms with van der Waals surface area (Å²) in [4.78, 5) is 32.3. The number of carbonyl (C=O) groups is 2. The third kappa shape index (κ3) is 3.55. The van der Waals surface area contributed by atoms with Crippen molar-refractivity contribution in [2.45, 2.75) is 32.5 Å². The molecule has 0 radical (unpaired) electrons. The van der Waals surface area contributed by atoms with E-state index in [4.69, 9.17) is 4.84 Å². The van der Waals surface area contributed by atoms with E-state index in [-0.39, 0.29) is 24.9 Å². The van der Waals surface area contributed by atoms with Crippen molar-refractivity contribution in [1.29, 1.82) is 0 Å². The first-order chi connectivity index (χ1) is 13.9. The summed E-state index contributed by atoms with van der Waals surface area (Å²) in [5, 5.41) is 8.23. The summed E-state index contributed by atoms with van der Waals surface area (Å²) in [6.07, 6.45) is -0.323. The molecular formula is C19H21F2N5O3. The third-order valence-electron chi connectivity index (χ3n) is 5.14. The van der Waals surface area contributed by atoms with Crippen LogP contribution in [0.2, 0.25) is 0 Å². The number of alkyl halides is 1. The molecule has 0 aliphatic carbocycles. The number of halogens is 2. The van der Waals surface area contributed by atoms with Crippen LogP contribution in [-0.2, 0) is 24.3 Å². The molecule has 0 saturated carbocycles. The summed E-state index contributed by atoms with van der Waals surface area (Å²) < 4.78 is 28.1. The lowest BCUT2D eigenvalue weighted by atomic mass is 10.1. The molecule has 0 saturated heterocycles. The summed E-state index contributed by atoms with van der Waals surface area (Å²) in [5.74, 6) is -0.768. The van der Waals surface area contributed by atoms with E-state index in [2.05, 4.69) is 10.4 Å². The molecule has 2 aliphatic heterocycles. The molecule has 0 fully saturated rings. The van der Waals surface area contributed by atoms with Gasteiger partial charge in [-0.15, -0.1) is 0 Å². The summed E-state index contributed by atoms with van der Waals surface area (Å²) >= 11 is 0. The van der Waals surface area contributed by atoms with Crippen molar-refractivity contribution in [3.8, 4) is 0 Å². The van der Waals surface area contributed by atoms with Crippen LogP contribution in [0.3, 0.4) is 0 Å². The quantitative estimate of drug-likeness (QED) is 0.831. The number of urea groups is 1. The van der Waals surface area contributed by atoms with Gasteiger partial charge in [0.05, 0.1) is 18.8 Å². The molecule has 8 nitrogen and oxygen atoms in total. The van der Waals surface area contributed by atoms with Gasteiger partial charge in [0.15, 0.2) is 0 Å². The monoisotopic (exact) mass is 405 g/mol. The summed E-state index contributed by atoms with van der Waals surface area (Å²) in [5.41, 5.74) is 2.60. The highest BCUT2D eigenvalue weighted by Crippen LogP contribution is 2.26. The molecule has 1 aromatic heterocycles. The predicted octanol–water partition coefficient (Wildman–Crippen LogP) is 2.28. The topological polar surface area (TPSA) is 79.7 Å². The van der Waals surface area contributed by atoms with Gasteiger partial charge in [0.25, 0.3) is 5.91 Å². The van der Waals surface area contributed by atoms with Gasteiger partial charge < -0.3 is 10.2 Å². The molecule has 4 rings (SSSR count). The van der Waals surface area contributed by atoms with E-state index in [1.807, 2.05) is 0 Å². The van der Waals surface area contributed by atoms with Crippen molar-refractivity contribution in [1.82, 2.24) is 19.7 Å². The van der Waals surface area contributed by atoms with Gasteiger partial charge in [0.1, 0.15) is 24.3 Å². The number of fused-ring (bicyclic) bond motifs is 3. The highest BCUT2D eigenvalue weighted by atomic mass is 19.1. The molecule has 0 bridgehead atoms. The van der Waals surface area contributed by atoms with Gasteiger partial charge in [0, 0.05) is 31.3 Å². The Morgan fingerprint density at radius 3 is 2.93 bits per heavy atom. The number of hydrogen-bond acceptors (Lipinski definition) is 4. The largest absolute Gasteiger partial charge is 0.322 e. The van der Waals surface area contributed by atoms with Crippen molar-refractivity contribution >= 4 is 17.6 Å². The molecular weight excluding hydrogens is 384 g/mol. The smallest absolute Gasteiger partial charge is 0.320 e. The fourth-order valence-electron chi connectivity index (χ4n) is 3.62. The van der Waals surface area contributed by atoms with E-state index in [0.29, 0.717) is 35.5 Å². The van der Waals surface area contributed by atoms with Crippen molar-refractivity contribution in [2.75, 3.05) is 25.6 Å². The molecule has 0 unspecified atom stereocenters. The number of aromatic nitrogens is 2. The molecule has 3 amide bonds. The summed E-state index contributed by atoms with van der Waals surface area (Å²) in [6.45, 7) is 1.61. The number of hydroxylamine groups is 2. The second-order valence-corrected chi connectivity index (χ2v) is 7.21. The van der Waals surface area contributed by atoms with Crippen LogP contribution in [0.4, 0.5) is 19.3 Å². The molecule has 1 N–H and O–H groups in total. The Morgan fingerprint density at radius 1 is 1.41 bits per heavy atom. The molecule has 0 spiro atoms. The fourth-order valence-corrected chi connectivity index (χ4v) is 3.62. The fraction of sp³-hybridized carbons (Fsp3) is 0.421. The molecule has 29 heavy (non-hydrogen) atoms. The number of nitrogens with one attached hydrogen (secondary N) is 1. The Kier molecular flexibility index (Phi) is 4.95. The first-order valence-electron chi connectivity index (χ1n) is 9.28. The van der Waals surface area contributed by atoms with Crippen LogP contribution in [0.1, 0.15) is 27.3 Å². The average Bonchev–Trinajstić information content (AvgIpc) is 3.00. The van der Waals surface area contributed by atoms with Crippen LogP contribution in [-0.4, -0.2) is 58.1 Å². The van der Waals surface area contributed by atoms with E-state index >= 15 is 0 Å². The first-order valence-corrected chi connectivity index (χ1v) is 9.28. The molecule has 2 aliphatic rings. The third-order valence-corrected chi connectivity index (χ3v) is 5.14.